The van der Waals surface area contributed by atoms with E-state index in [0.29, 0.717) is 15.2 Å². The fourth-order valence-corrected chi connectivity index (χ4v) is 3.48. The van der Waals surface area contributed by atoms with Crippen LogP contribution in [0, 0.1) is 6.92 Å². The Morgan fingerprint density at radius 3 is 2.67 bits per heavy atom. The standard InChI is InChI=1S/C14H14BrClN2O2S/c1-9-10(3-2-4-14(9)17)8-18-21(19,20)11-5-6-13(16)12(15)7-11/h2-7,18H,8,17H2,1H3. The third kappa shape index (κ3) is 3.77. The predicted molar refractivity (Wildman–Crippen MR) is 88.8 cm³/mol. The first-order chi connectivity index (χ1) is 9.81. The Balaban J connectivity index is 2.22. The van der Waals surface area contributed by atoms with Gasteiger partial charge in [0.05, 0.1) is 9.92 Å². The molecular formula is C14H14BrClN2O2S. The molecule has 0 aliphatic rings. The minimum atomic E-state index is -3.61. The smallest absolute Gasteiger partial charge is 0.240 e. The molecule has 3 N–H and O–H groups in total. The third-order valence-electron chi connectivity index (χ3n) is 3.14. The van der Waals surface area contributed by atoms with E-state index in [4.69, 9.17) is 17.3 Å². The summed E-state index contributed by atoms with van der Waals surface area (Å²) in [5, 5.41) is 0.459. The Hall–Kier alpha value is -1.08. The molecule has 0 fully saturated rings. The lowest BCUT2D eigenvalue weighted by Gasteiger charge is -2.11. The van der Waals surface area contributed by atoms with Gasteiger partial charge in [0, 0.05) is 16.7 Å². The van der Waals surface area contributed by atoms with E-state index >= 15 is 0 Å². The van der Waals surface area contributed by atoms with Crippen molar-refractivity contribution in [3.8, 4) is 0 Å². The molecule has 0 atom stereocenters. The molecule has 2 aromatic rings. The van der Waals surface area contributed by atoms with Crippen LogP contribution in [-0.2, 0) is 16.6 Å². The number of benzene rings is 2. The lowest BCUT2D eigenvalue weighted by molar-refractivity contribution is 0.581. The van der Waals surface area contributed by atoms with Crippen LogP contribution in [0.25, 0.3) is 0 Å². The first-order valence-corrected chi connectivity index (χ1v) is 8.75. The van der Waals surface area contributed by atoms with E-state index < -0.39 is 10.0 Å². The van der Waals surface area contributed by atoms with Crippen molar-refractivity contribution in [3.63, 3.8) is 0 Å². The van der Waals surface area contributed by atoms with Crippen LogP contribution in [0.2, 0.25) is 5.02 Å². The monoisotopic (exact) mass is 388 g/mol. The van der Waals surface area contributed by atoms with Crippen LogP contribution in [-0.4, -0.2) is 8.42 Å². The minimum absolute atomic E-state index is 0.153. The number of anilines is 1. The van der Waals surface area contributed by atoms with Gasteiger partial charge in [0.2, 0.25) is 10.0 Å². The van der Waals surface area contributed by atoms with E-state index in [0.717, 1.165) is 11.1 Å². The first kappa shape index (κ1) is 16.3. The van der Waals surface area contributed by atoms with Gasteiger partial charge in [-0.3, -0.25) is 0 Å². The second kappa shape index (κ2) is 6.36. The van der Waals surface area contributed by atoms with Gasteiger partial charge in [-0.2, -0.15) is 0 Å². The number of hydrogen-bond acceptors (Lipinski definition) is 3. The van der Waals surface area contributed by atoms with Crippen LogP contribution in [0.1, 0.15) is 11.1 Å². The van der Waals surface area contributed by atoms with E-state index in [1.165, 1.54) is 18.2 Å². The quantitative estimate of drug-likeness (QED) is 0.786. The summed E-state index contributed by atoms with van der Waals surface area (Å²) in [4.78, 5) is 0.153. The molecule has 0 heterocycles. The van der Waals surface area contributed by atoms with Crippen molar-refractivity contribution >= 4 is 43.2 Å². The number of rotatable bonds is 4. The zero-order chi connectivity index (χ0) is 15.6. The Labute approximate surface area is 137 Å². The molecule has 0 saturated heterocycles. The van der Waals surface area contributed by atoms with E-state index in [9.17, 15) is 8.42 Å². The van der Waals surface area contributed by atoms with Crippen LogP contribution < -0.4 is 10.5 Å². The van der Waals surface area contributed by atoms with Gasteiger partial charge in [-0.05, 0) is 58.2 Å². The molecule has 21 heavy (non-hydrogen) atoms. The fraction of sp³-hybridized carbons (Fsp3) is 0.143. The van der Waals surface area contributed by atoms with Crippen LogP contribution in [0.15, 0.2) is 45.8 Å². The largest absolute Gasteiger partial charge is 0.399 e. The van der Waals surface area contributed by atoms with Crippen molar-refractivity contribution in [1.82, 2.24) is 4.72 Å². The molecule has 2 aromatic carbocycles. The van der Waals surface area contributed by atoms with E-state index in [1.54, 1.807) is 12.1 Å². The van der Waals surface area contributed by atoms with Gasteiger partial charge in [0.25, 0.3) is 0 Å². The molecule has 0 aliphatic carbocycles. The highest BCUT2D eigenvalue weighted by molar-refractivity contribution is 9.10. The normalized spacial score (nSPS) is 11.6. The van der Waals surface area contributed by atoms with Crippen LogP contribution in [0.5, 0.6) is 0 Å². The minimum Gasteiger partial charge on any atom is -0.399 e. The van der Waals surface area contributed by atoms with Gasteiger partial charge in [0.1, 0.15) is 0 Å². The highest BCUT2D eigenvalue weighted by atomic mass is 79.9. The third-order valence-corrected chi connectivity index (χ3v) is 5.75. The number of nitrogens with one attached hydrogen (secondary N) is 1. The molecule has 0 radical (unpaired) electrons. The summed E-state index contributed by atoms with van der Waals surface area (Å²) in [6, 6.07) is 9.88. The summed E-state index contributed by atoms with van der Waals surface area (Å²) in [7, 11) is -3.61. The highest BCUT2D eigenvalue weighted by Gasteiger charge is 2.15. The molecule has 0 unspecified atom stereocenters. The second-order valence-corrected chi connectivity index (χ2v) is 7.56. The van der Waals surface area contributed by atoms with Crippen molar-refractivity contribution < 1.29 is 8.42 Å². The molecule has 112 valence electrons. The second-order valence-electron chi connectivity index (χ2n) is 4.53. The molecule has 0 aliphatic heterocycles. The van der Waals surface area contributed by atoms with Crippen molar-refractivity contribution in [3.05, 3.63) is 57.0 Å². The molecule has 0 spiro atoms. The number of halogens is 2. The molecule has 0 amide bonds. The van der Waals surface area contributed by atoms with Gasteiger partial charge in [0.15, 0.2) is 0 Å². The molecule has 0 aromatic heterocycles. The summed E-state index contributed by atoms with van der Waals surface area (Å²) in [5.41, 5.74) is 8.16. The summed E-state index contributed by atoms with van der Waals surface area (Å²) in [5.74, 6) is 0. The molecule has 4 nitrogen and oxygen atoms in total. The highest BCUT2D eigenvalue weighted by Crippen LogP contribution is 2.25. The Bertz CT molecular complexity index is 779. The average molecular weight is 390 g/mol. The van der Waals surface area contributed by atoms with E-state index in [1.807, 2.05) is 13.0 Å². The van der Waals surface area contributed by atoms with Gasteiger partial charge in [-0.1, -0.05) is 23.7 Å². The molecule has 0 bridgehead atoms. The lowest BCUT2D eigenvalue weighted by Crippen LogP contribution is -2.23. The van der Waals surface area contributed by atoms with Crippen molar-refractivity contribution in [1.29, 1.82) is 0 Å². The van der Waals surface area contributed by atoms with Gasteiger partial charge < -0.3 is 5.73 Å². The number of sulfonamides is 1. The van der Waals surface area contributed by atoms with Gasteiger partial charge >= 0.3 is 0 Å². The number of hydrogen-bond donors (Lipinski definition) is 2. The maximum atomic E-state index is 12.3. The maximum absolute atomic E-state index is 12.3. The Morgan fingerprint density at radius 2 is 2.00 bits per heavy atom. The van der Waals surface area contributed by atoms with Gasteiger partial charge in [-0.15, -0.1) is 0 Å². The SMILES string of the molecule is Cc1c(N)cccc1CNS(=O)(=O)c1ccc(Cl)c(Br)c1. The van der Waals surface area contributed by atoms with E-state index in [2.05, 4.69) is 20.7 Å². The van der Waals surface area contributed by atoms with Crippen LogP contribution >= 0.6 is 27.5 Å². The molecule has 7 heteroatoms. The van der Waals surface area contributed by atoms with Crippen LogP contribution in [0.4, 0.5) is 5.69 Å². The molecular weight excluding hydrogens is 376 g/mol. The van der Waals surface area contributed by atoms with Crippen molar-refractivity contribution in [2.45, 2.75) is 18.4 Å². The van der Waals surface area contributed by atoms with E-state index in [-0.39, 0.29) is 11.4 Å². The fourth-order valence-electron chi connectivity index (χ4n) is 1.79. The zero-order valence-electron chi connectivity index (χ0n) is 11.2. The first-order valence-electron chi connectivity index (χ1n) is 6.10. The van der Waals surface area contributed by atoms with Crippen LogP contribution in [0.3, 0.4) is 0 Å². The molecule has 2 rings (SSSR count). The number of nitrogen functional groups attached to an aromatic ring is 1. The van der Waals surface area contributed by atoms with Crippen molar-refractivity contribution in [2.75, 3.05) is 5.73 Å². The zero-order valence-corrected chi connectivity index (χ0v) is 14.4. The Morgan fingerprint density at radius 1 is 1.29 bits per heavy atom. The predicted octanol–water partition coefficient (Wildman–Crippen LogP) is 3.47. The summed E-state index contributed by atoms with van der Waals surface area (Å²) in [6.45, 7) is 2.04. The lowest BCUT2D eigenvalue weighted by atomic mass is 10.1. The number of nitrogens with two attached hydrogens (primary N) is 1. The maximum Gasteiger partial charge on any atom is 0.240 e. The average Bonchev–Trinajstić information content (AvgIpc) is 2.43. The summed E-state index contributed by atoms with van der Waals surface area (Å²) in [6.07, 6.45) is 0. The Kier molecular flexibility index (Phi) is 4.93. The van der Waals surface area contributed by atoms with Crippen molar-refractivity contribution in [2.24, 2.45) is 0 Å². The summed E-state index contributed by atoms with van der Waals surface area (Å²) < 4.78 is 27.6. The topological polar surface area (TPSA) is 72.2 Å². The van der Waals surface area contributed by atoms with Gasteiger partial charge in [-0.25, -0.2) is 13.1 Å². The summed E-state index contributed by atoms with van der Waals surface area (Å²) >= 11 is 9.08. The molecule has 0 saturated carbocycles.